The summed E-state index contributed by atoms with van der Waals surface area (Å²) in [6.07, 6.45) is -1.71. The van der Waals surface area contributed by atoms with E-state index in [-0.39, 0.29) is 5.41 Å². The van der Waals surface area contributed by atoms with Crippen LogP contribution in [0.5, 0.6) is 5.75 Å². The summed E-state index contributed by atoms with van der Waals surface area (Å²) in [7, 11) is 0. The molecule has 1 rings (SSSR count). The van der Waals surface area contributed by atoms with Crippen molar-refractivity contribution in [3.8, 4) is 5.75 Å². The normalized spacial score (nSPS) is 15.1. The Hall–Kier alpha value is -1.95. The summed E-state index contributed by atoms with van der Waals surface area (Å²) < 4.78 is 16.9. The van der Waals surface area contributed by atoms with Gasteiger partial charge in [-0.25, -0.2) is 9.59 Å². The van der Waals surface area contributed by atoms with Crippen molar-refractivity contribution in [2.24, 2.45) is 5.41 Å². The van der Waals surface area contributed by atoms with E-state index in [0.717, 1.165) is 5.56 Å². The van der Waals surface area contributed by atoms with E-state index in [4.69, 9.17) is 25.8 Å². The van der Waals surface area contributed by atoms with Crippen molar-refractivity contribution in [2.45, 2.75) is 86.2 Å². The van der Waals surface area contributed by atoms with E-state index in [2.05, 4.69) is 5.32 Å². The number of hydrogen-bond acceptors (Lipinski definition) is 5. The van der Waals surface area contributed by atoms with Crippen LogP contribution in [0.2, 0.25) is 5.02 Å². The second kappa shape index (κ2) is 9.70. The van der Waals surface area contributed by atoms with Gasteiger partial charge in [-0.3, -0.25) is 0 Å². The van der Waals surface area contributed by atoms with Crippen LogP contribution in [0.15, 0.2) is 18.2 Å². The average Bonchev–Trinajstić information content (AvgIpc) is 2.50. The van der Waals surface area contributed by atoms with Crippen molar-refractivity contribution in [3.05, 3.63) is 28.8 Å². The van der Waals surface area contributed by atoms with Crippen molar-refractivity contribution in [2.75, 3.05) is 0 Å². The average molecular weight is 428 g/mol. The molecule has 0 heterocycles. The Labute approximate surface area is 179 Å². The Morgan fingerprint density at radius 2 is 1.66 bits per heavy atom. The molecule has 1 N–H and O–H groups in total. The highest BCUT2D eigenvalue weighted by molar-refractivity contribution is 6.32. The zero-order valence-electron chi connectivity index (χ0n) is 18.9. The van der Waals surface area contributed by atoms with Crippen LogP contribution in [0.3, 0.4) is 0 Å². The SMILES string of the molecule is Cc1ccc(O[C@@H]([C@H](C)OC(=O)[C@H](C)NC(=O)OC(C)(C)C)C(C)(C)C)c(Cl)c1. The minimum atomic E-state index is -0.865. The maximum absolute atomic E-state index is 12.5. The number of aryl methyl sites for hydroxylation is 1. The maximum atomic E-state index is 12.5. The molecule has 29 heavy (non-hydrogen) atoms. The highest BCUT2D eigenvalue weighted by atomic mass is 35.5. The highest BCUT2D eigenvalue weighted by Crippen LogP contribution is 2.33. The van der Waals surface area contributed by atoms with E-state index in [1.807, 2.05) is 39.8 Å². The molecule has 0 unspecified atom stereocenters. The zero-order valence-corrected chi connectivity index (χ0v) is 19.6. The smallest absolute Gasteiger partial charge is 0.408 e. The molecule has 0 aliphatic carbocycles. The summed E-state index contributed by atoms with van der Waals surface area (Å²) in [6, 6.07) is 4.67. The number of carbonyl (C=O) groups is 2. The summed E-state index contributed by atoms with van der Waals surface area (Å²) >= 11 is 6.30. The van der Waals surface area contributed by atoms with E-state index in [0.29, 0.717) is 10.8 Å². The Kier molecular flexibility index (Phi) is 8.39. The van der Waals surface area contributed by atoms with Gasteiger partial charge in [0.1, 0.15) is 29.6 Å². The second-order valence-electron chi connectivity index (χ2n) is 9.35. The number of nitrogens with one attached hydrogen (secondary N) is 1. The van der Waals surface area contributed by atoms with Crippen molar-refractivity contribution >= 4 is 23.7 Å². The molecule has 0 spiro atoms. The molecule has 0 radical (unpaired) electrons. The predicted octanol–water partition coefficient (Wildman–Crippen LogP) is 5.29. The van der Waals surface area contributed by atoms with E-state index in [9.17, 15) is 9.59 Å². The first-order chi connectivity index (χ1) is 13.1. The van der Waals surface area contributed by atoms with Crippen molar-refractivity contribution in [1.29, 1.82) is 0 Å². The van der Waals surface area contributed by atoms with Gasteiger partial charge in [0.2, 0.25) is 0 Å². The molecular weight excluding hydrogens is 394 g/mol. The van der Waals surface area contributed by atoms with Crippen molar-refractivity contribution < 1.29 is 23.8 Å². The molecule has 1 amide bonds. The Balaban J connectivity index is 2.83. The number of ether oxygens (including phenoxy) is 3. The van der Waals surface area contributed by atoms with E-state index in [1.165, 1.54) is 0 Å². The number of amides is 1. The molecule has 7 heteroatoms. The largest absolute Gasteiger partial charge is 0.484 e. The number of halogens is 1. The molecule has 0 fully saturated rings. The molecule has 0 aromatic heterocycles. The number of carbonyl (C=O) groups excluding carboxylic acids is 2. The molecule has 6 nitrogen and oxygen atoms in total. The molecule has 0 aliphatic heterocycles. The van der Waals surface area contributed by atoms with Crippen molar-refractivity contribution in [1.82, 2.24) is 5.32 Å². The molecule has 3 atom stereocenters. The Bertz CT molecular complexity index is 721. The van der Waals surface area contributed by atoms with Crippen molar-refractivity contribution in [3.63, 3.8) is 0 Å². The molecule has 1 aromatic carbocycles. The molecular formula is C22H34ClNO5. The van der Waals surface area contributed by atoms with Crippen LogP contribution in [0.25, 0.3) is 0 Å². The van der Waals surface area contributed by atoms with Crippen LogP contribution in [0.4, 0.5) is 4.79 Å². The lowest BCUT2D eigenvalue weighted by Crippen LogP contribution is -2.47. The first kappa shape index (κ1) is 25.1. The fourth-order valence-corrected chi connectivity index (χ4v) is 2.98. The van der Waals surface area contributed by atoms with Gasteiger partial charge in [0, 0.05) is 5.41 Å². The van der Waals surface area contributed by atoms with Gasteiger partial charge in [-0.15, -0.1) is 0 Å². The lowest BCUT2D eigenvalue weighted by Gasteiger charge is -2.35. The molecule has 164 valence electrons. The van der Waals surface area contributed by atoms with Gasteiger partial charge in [0.25, 0.3) is 0 Å². The van der Waals surface area contributed by atoms with E-state index < -0.39 is 35.9 Å². The summed E-state index contributed by atoms with van der Waals surface area (Å²) in [5, 5.41) is 2.98. The van der Waals surface area contributed by atoms with Crippen LogP contribution in [-0.4, -0.2) is 35.9 Å². The third-order valence-electron chi connectivity index (χ3n) is 4.01. The number of hydrogen-bond donors (Lipinski definition) is 1. The lowest BCUT2D eigenvalue weighted by atomic mass is 9.86. The third kappa shape index (κ3) is 8.52. The lowest BCUT2D eigenvalue weighted by molar-refractivity contribution is -0.158. The summed E-state index contributed by atoms with van der Waals surface area (Å²) in [5.74, 6) is -0.0452. The fourth-order valence-electron chi connectivity index (χ4n) is 2.71. The Morgan fingerprint density at radius 1 is 1.07 bits per heavy atom. The minimum absolute atomic E-state index is 0.338. The molecule has 0 bridgehead atoms. The van der Waals surface area contributed by atoms with Crippen LogP contribution < -0.4 is 10.1 Å². The number of benzene rings is 1. The zero-order chi connectivity index (χ0) is 22.6. The molecule has 0 aliphatic rings. The summed E-state index contributed by atoms with van der Waals surface area (Å²) in [6.45, 7) is 16.5. The third-order valence-corrected chi connectivity index (χ3v) is 4.31. The topological polar surface area (TPSA) is 73.9 Å². The highest BCUT2D eigenvalue weighted by Gasteiger charge is 2.35. The minimum Gasteiger partial charge on any atom is -0.484 e. The van der Waals surface area contributed by atoms with Crippen LogP contribution >= 0.6 is 11.6 Å². The van der Waals surface area contributed by atoms with Gasteiger partial charge >= 0.3 is 12.1 Å². The first-order valence-electron chi connectivity index (χ1n) is 9.73. The fraction of sp³-hybridized carbons (Fsp3) is 0.636. The van der Waals surface area contributed by atoms with Gasteiger partial charge in [0.05, 0.1) is 5.02 Å². The summed E-state index contributed by atoms with van der Waals surface area (Å²) in [4.78, 5) is 24.4. The predicted molar refractivity (Wildman–Crippen MR) is 114 cm³/mol. The van der Waals surface area contributed by atoms with Gasteiger partial charge in [-0.05, 0) is 59.2 Å². The van der Waals surface area contributed by atoms with Crippen LogP contribution in [0, 0.1) is 12.3 Å². The monoisotopic (exact) mass is 427 g/mol. The first-order valence-corrected chi connectivity index (χ1v) is 10.1. The standard InChI is InChI=1S/C22H34ClNO5/c1-13-10-11-17(16(23)12-13)28-18(21(4,5)6)15(3)27-19(25)14(2)24-20(26)29-22(7,8)9/h10-12,14-15,18H,1-9H3,(H,24,26)/t14-,15-,18-/m0/s1. The Morgan fingerprint density at radius 3 is 2.14 bits per heavy atom. The van der Waals surface area contributed by atoms with Gasteiger partial charge in [-0.1, -0.05) is 38.4 Å². The summed E-state index contributed by atoms with van der Waals surface area (Å²) in [5.41, 5.74) is 0.0334. The van der Waals surface area contributed by atoms with E-state index >= 15 is 0 Å². The number of rotatable bonds is 6. The van der Waals surface area contributed by atoms with Gasteiger partial charge < -0.3 is 19.5 Å². The molecule has 0 saturated carbocycles. The number of esters is 1. The molecule has 0 saturated heterocycles. The quantitative estimate of drug-likeness (QED) is 0.624. The van der Waals surface area contributed by atoms with Crippen LogP contribution in [-0.2, 0) is 14.3 Å². The molecule has 1 aromatic rings. The van der Waals surface area contributed by atoms with Gasteiger partial charge in [-0.2, -0.15) is 0 Å². The maximum Gasteiger partial charge on any atom is 0.408 e. The second-order valence-corrected chi connectivity index (χ2v) is 9.76. The van der Waals surface area contributed by atoms with Gasteiger partial charge in [0.15, 0.2) is 0 Å². The van der Waals surface area contributed by atoms with E-state index in [1.54, 1.807) is 40.7 Å². The number of alkyl carbamates (subject to hydrolysis) is 1. The van der Waals surface area contributed by atoms with Crippen LogP contribution in [0.1, 0.15) is 61.0 Å².